The minimum atomic E-state index is -0.773. The van der Waals surface area contributed by atoms with Crippen LogP contribution in [0.3, 0.4) is 0 Å². The number of aliphatic carboxylic acids is 1. The monoisotopic (exact) mass is 268 g/mol. The van der Waals surface area contributed by atoms with E-state index in [9.17, 15) is 14.7 Å². The molecule has 0 aliphatic heterocycles. The van der Waals surface area contributed by atoms with Crippen LogP contribution in [0, 0.1) is 11.3 Å². The second-order valence-corrected chi connectivity index (χ2v) is 6.25. The van der Waals surface area contributed by atoms with E-state index < -0.39 is 11.4 Å². The third-order valence-corrected chi connectivity index (χ3v) is 4.56. The predicted molar refractivity (Wildman–Crippen MR) is 71.9 cm³/mol. The van der Waals surface area contributed by atoms with E-state index in [2.05, 4.69) is 17.6 Å². The van der Waals surface area contributed by atoms with Crippen LogP contribution in [0.2, 0.25) is 0 Å². The highest BCUT2D eigenvalue weighted by atomic mass is 16.4. The van der Waals surface area contributed by atoms with Crippen LogP contribution < -0.4 is 10.6 Å². The van der Waals surface area contributed by atoms with Gasteiger partial charge < -0.3 is 15.7 Å². The average Bonchev–Trinajstić information content (AvgIpc) is 2.35. The van der Waals surface area contributed by atoms with Crippen LogP contribution in [-0.4, -0.2) is 29.7 Å². The van der Waals surface area contributed by atoms with Gasteiger partial charge in [-0.15, -0.1) is 0 Å². The molecule has 0 atom stereocenters. The third-order valence-electron chi connectivity index (χ3n) is 4.56. The molecule has 2 aliphatic carbocycles. The minimum absolute atomic E-state index is 0.219. The maximum atomic E-state index is 11.7. The summed E-state index contributed by atoms with van der Waals surface area (Å²) < 4.78 is 0. The number of nitrogens with one attached hydrogen (secondary N) is 2. The van der Waals surface area contributed by atoms with Crippen LogP contribution in [0.1, 0.15) is 51.9 Å². The lowest BCUT2D eigenvalue weighted by molar-refractivity contribution is -0.150. The molecule has 0 aromatic heterocycles. The fraction of sp³-hybridized carbons (Fsp3) is 0.857. The highest BCUT2D eigenvalue weighted by molar-refractivity contribution is 5.78. The first-order chi connectivity index (χ1) is 9.02. The van der Waals surface area contributed by atoms with Crippen molar-refractivity contribution in [3.63, 3.8) is 0 Å². The van der Waals surface area contributed by atoms with E-state index in [0.29, 0.717) is 18.8 Å². The molecule has 2 fully saturated rings. The van der Waals surface area contributed by atoms with Crippen molar-refractivity contribution >= 4 is 12.0 Å². The lowest BCUT2D eigenvalue weighted by Crippen LogP contribution is -2.51. The highest BCUT2D eigenvalue weighted by Crippen LogP contribution is 2.36. The van der Waals surface area contributed by atoms with Gasteiger partial charge in [-0.3, -0.25) is 4.79 Å². The highest BCUT2D eigenvalue weighted by Gasteiger charge is 2.40. The predicted octanol–water partition coefficient (Wildman–Crippen LogP) is 2.12. The number of carboxylic acid groups (broad SMARTS) is 1. The average molecular weight is 268 g/mol. The zero-order valence-electron chi connectivity index (χ0n) is 11.6. The largest absolute Gasteiger partial charge is 0.481 e. The Bertz CT molecular complexity index is 345. The summed E-state index contributed by atoms with van der Waals surface area (Å²) in [6, 6.07) is 0.0465. The molecular weight excluding hydrogens is 244 g/mol. The van der Waals surface area contributed by atoms with Gasteiger partial charge in [0.1, 0.15) is 0 Å². The van der Waals surface area contributed by atoms with Crippen LogP contribution >= 0.6 is 0 Å². The van der Waals surface area contributed by atoms with E-state index in [1.165, 1.54) is 0 Å². The fourth-order valence-corrected chi connectivity index (χ4v) is 3.20. The van der Waals surface area contributed by atoms with E-state index in [1.807, 2.05) is 0 Å². The number of hydrogen-bond acceptors (Lipinski definition) is 2. The molecule has 0 unspecified atom stereocenters. The van der Waals surface area contributed by atoms with Crippen LogP contribution in [0.4, 0.5) is 4.79 Å². The number of carboxylic acids is 1. The number of rotatable bonds is 4. The summed E-state index contributed by atoms with van der Waals surface area (Å²) in [5.74, 6) is -0.0845. The van der Waals surface area contributed by atoms with Crippen molar-refractivity contribution in [2.45, 2.75) is 57.9 Å². The topological polar surface area (TPSA) is 78.4 Å². The van der Waals surface area contributed by atoms with Crippen LogP contribution in [-0.2, 0) is 4.79 Å². The molecule has 0 heterocycles. The van der Waals surface area contributed by atoms with E-state index in [-0.39, 0.29) is 18.6 Å². The quantitative estimate of drug-likeness (QED) is 0.730. The molecule has 108 valence electrons. The van der Waals surface area contributed by atoms with Gasteiger partial charge in [0.25, 0.3) is 0 Å². The molecule has 2 aliphatic rings. The van der Waals surface area contributed by atoms with Gasteiger partial charge in [0, 0.05) is 12.6 Å². The molecule has 5 heteroatoms. The second kappa shape index (κ2) is 5.80. The van der Waals surface area contributed by atoms with Gasteiger partial charge >= 0.3 is 12.0 Å². The van der Waals surface area contributed by atoms with Crippen molar-refractivity contribution in [1.82, 2.24) is 10.6 Å². The van der Waals surface area contributed by atoms with Crippen molar-refractivity contribution in [3.05, 3.63) is 0 Å². The molecule has 2 saturated carbocycles. The SMILES string of the molecule is CC1CC(NC(=O)NCC2(C(=O)O)CCCCC2)C1. The standard InChI is InChI=1S/C14H24N2O3/c1-10-7-11(8-10)16-13(19)15-9-14(12(17)18)5-3-2-4-6-14/h10-11H,2-9H2,1H3,(H,17,18)(H2,15,16,19). The Morgan fingerprint density at radius 1 is 1.21 bits per heavy atom. The molecule has 0 aromatic carbocycles. The van der Waals surface area contributed by atoms with Gasteiger partial charge in [0.05, 0.1) is 5.41 Å². The van der Waals surface area contributed by atoms with Crippen LogP contribution in [0.25, 0.3) is 0 Å². The maximum Gasteiger partial charge on any atom is 0.315 e. The zero-order valence-corrected chi connectivity index (χ0v) is 11.6. The normalized spacial score (nSPS) is 29.1. The van der Waals surface area contributed by atoms with E-state index >= 15 is 0 Å². The summed E-state index contributed by atoms with van der Waals surface area (Å²) in [6.07, 6.45) is 6.37. The molecule has 5 nitrogen and oxygen atoms in total. The summed E-state index contributed by atoms with van der Waals surface area (Å²) in [7, 11) is 0. The van der Waals surface area contributed by atoms with Gasteiger partial charge in [-0.2, -0.15) is 0 Å². The molecular formula is C14H24N2O3. The molecule has 2 rings (SSSR count). The maximum absolute atomic E-state index is 11.7. The van der Waals surface area contributed by atoms with E-state index in [0.717, 1.165) is 32.1 Å². The van der Waals surface area contributed by atoms with Gasteiger partial charge in [-0.05, 0) is 31.6 Å². The first kappa shape index (κ1) is 14.2. The van der Waals surface area contributed by atoms with Gasteiger partial charge in [-0.25, -0.2) is 4.79 Å². The molecule has 0 bridgehead atoms. The zero-order chi connectivity index (χ0) is 13.9. The lowest BCUT2D eigenvalue weighted by atomic mass is 9.74. The Morgan fingerprint density at radius 3 is 2.37 bits per heavy atom. The van der Waals surface area contributed by atoms with Crippen LogP contribution in [0.15, 0.2) is 0 Å². The van der Waals surface area contributed by atoms with Crippen molar-refractivity contribution in [3.8, 4) is 0 Å². The summed E-state index contributed by atoms with van der Waals surface area (Å²) in [4.78, 5) is 23.2. The summed E-state index contributed by atoms with van der Waals surface area (Å²) in [5.41, 5.74) is -0.748. The Balaban J connectivity index is 1.78. The molecule has 0 saturated heterocycles. The molecule has 0 spiro atoms. The van der Waals surface area contributed by atoms with Gasteiger partial charge in [0.15, 0.2) is 0 Å². The molecule has 0 radical (unpaired) electrons. The summed E-state index contributed by atoms with van der Waals surface area (Å²) in [5, 5.41) is 15.1. The molecule has 3 N–H and O–H groups in total. The number of carbonyl (C=O) groups excluding carboxylic acids is 1. The number of urea groups is 1. The molecule has 19 heavy (non-hydrogen) atoms. The van der Waals surface area contributed by atoms with Gasteiger partial charge in [-0.1, -0.05) is 26.2 Å². The Kier molecular flexibility index (Phi) is 4.32. The second-order valence-electron chi connectivity index (χ2n) is 6.25. The van der Waals surface area contributed by atoms with Crippen molar-refractivity contribution < 1.29 is 14.7 Å². The van der Waals surface area contributed by atoms with Crippen molar-refractivity contribution in [1.29, 1.82) is 0 Å². The minimum Gasteiger partial charge on any atom is -0.481 e. The fourth-order valence-electron chi connectivity index (χ4n) is 3.20. The Hall–Kier alpha value is -1.26. The number of amides is 2. The van der Waals surface area contributed by atoms with Crippen LogP contribution in [0.5, 0.6) is 0 Å². The smallest absolute Gasteiger partial charge is 0.315 e. The Labute approximate surface area is 114 Å². The van der Waals surface area contributed by atoms with Crippen molar-refractivity contribution in [2.24, 2.45) is 11.3 Å². The lowest BCUT2D eigenvalue weighted by Gasteiger charge is -2.35. The van der Waals surface area contributed by atoms with Crippen molar-refractivity contribution in [2.75, 3.05) is 6.54 Å². The van der Waals surface area contributed by atoms with E-state index in [1.54, 1.807) is 0 Å². The third kappa shape index (κ3) is 3.39. The Morgan fingerprint density at radius 2 is 1.84 bits per heavy atom. The molecule has 0 aromatic rings. The van der Waals surface area contributed by atoms with Gasteiger partial charge in [0.2, 0.25) is 0 Å². The number of carbonyl (C=O) groups is 2. The summed E-state index contributed by atoms with van der Waals surface area (Å²) in [6.45, 7) is 2.41. The first-order valence-corrected chi connectivity index (χ1v) is 7.30. The number of hydrogen-bond donors (Lipinski definition) is 3. The molecule has 2 amide bonds. The summed E-state index contributed by atoms with van der Waals surface area (Å²) >= 11 is 0. The first-order valence-electron chi connectivity index (χ1n) is 7.30. The van der Waals surface area contributed by atoms with E-state index in [4.69, 9.17) is 0 Å².